The summed E-state index contributed by atoms with van der Waals surface area (Å²) >= 11 is 5.76. The first-order chi connectivity index (χ1) is 8.16. The summed E-state index contributed by atoms with van der Waals surface area (Å²) in [6.07, 6.45) is 3.78. The van der Waals surface area contributed by atoms with Crippen molar-refractivity contribution in [3.05, 3.63) is 34.9 Å². The fraction of sp³-hybridized carbons (Fsp3) is 0.429. The van der Waals surface area contributed by atoms with Crippen LogP contribution in [0.15, 0.2) is 24.3 Å². The van der Waals surface area contributed by atoms with Gasteiger partial charge in [-0.3, -0.25) is 9.59 Å². The molecule has 0 heterocycles. The summed E-state index contributed by atoms with van der Waals surface area (Å²) in [5.41, 5.74) is 0.680. The molecule has 1 aliphatic carbocycles. The van der Waals surface area contributed by atoms with Crippen molar-refractivity contribution >= 4 is 23.2 Å². The van der Waals surface area contributed by atoms with E-state index in [4.69, 9.17) is 11.6 Å². The number of Topliss-reactive ketones (excluding diaryl/α,β-unsaturated/α-hetero) is 2. The highest BCUT2D eigenvalue weighted by molar-refractivity contribution is 6.30. The first-order valence-electron chi connectivity index (χ1n) is 5.98. The second-order valence-electron chi connectivity index (χ2n) is 4.52. The van der Waals surface area contributed by atoms with Crippen molar-refractivity contribution in [2.45, 2.75) is 32.1 Å². The van der Waals surface area contributed by atoms with E-state index in [2.05, 4.69) is 0 Å². The third-order valence-corrected chi connectivity index (χ3v) is 3.57. The van der Waals surface area contributed by atoms with Gasteiger partial charge in [-0.05, 0) is 43.5 Å². The maximum absolute atomic E-state index is 11.9. The molecule has 1 aromatic rings. The van der Waals surface area contributed by atoms with Crippen molar-refractivity contribution in [1.82, 2.24) is 0 Å². The SMILES string of the molecule is O=C(CCC1CCCC1=O)c1ccc(Cl)cc1. The molecule has 0 spiro atoms. The predicted molar refractivity (Wildman–Crippen MR) is 67.4 cm³/mol. The molecule has 0 aromatic heterocycles. The van der Waals surface area contributed by atoms with Gasteiger partial charge in [0, 0.05) is 29.3 Å². The van der Waals surface area contributed by atoms with Crippen molar-refractivity contribution in [3.8, 4) is 0 Å². The van der Waals surface area contributed by atoms with Crippen LogP contribution in [0.25, 0.3) is 0 Å². The summed E-state index contributed by atoms with van der Waals surface area (Å²) in [4.78, 5) is 23.3. The predicted octanol–water partition coefficient (Wildman–Crippen LogP) is 3.67. The zero-order valence-electron chi connectivity index (χ0n) is 9.62. The minimum absolute atomic E-state index is 0.0985. The lowest BCUT2D eigenvalue weighted by atomic mass is 9.97. The van der Waals surface area contributed by atoms with E-state index in [0.29, 0.717) is 35.6 Å². The largest absolute Gasteiger partial charge is 0.299 e. The van der Waals surface area contributed by atoms with Crippen LogP contribution in [-0.2, 0) is 4.79 Å². The molecule has 0 bridgehead atoms. The number of hydrogen-bond acceptors (Lipinski definition) is 2. The van der Waals surface area contributed by atoms with Gasteiger partial charge in [-0.15, -0.1) is 0 Å². The highest BCUT2D eigenvalue weighted by Crippen LogP contribution is 2.26. The van der Waals surface area contributed by atoms with Crippen LogP contribution in [0.1, 0.15) is 42.5 Å². The van der Waals surface area contributed by atoms with E-state index in [0.717, 1.165) is 12.8 Å². The quantitative estimate of drug-likeness (QED) is 0.764. The fourth-order valence-electron chi connectivity index (χ4n) is 2.28. The minimum atomic E-state index is 0.0985. The second kappa shape index (κ2) is 5.46. The second-order valence-corrected chi connectivity index (χ2v) is 4.96. The molecule has 1 atom stereocenters. The molecule has 17 heavy (non-hydrogen) atoms. The van der Waals surface area contributed by atoms with Crippen molar-refractivity contribution in [1.29, 1.82) is 0 Å². The lowest BCUT2D eigenvalue weighted by Gasteiger charge is -2.06. The molecule has 0 N–H and O–H groups in total. The van der Waals surface area contributed by atoms with E-state index < -0.39 is 0 Å². The average Bonchev–Trinajstić information content (AvgIpc) is 2.73. The Kier molecular flexibility index (Phi) is 3.95. The molecule has 2 nitrogen and oxygen atoms in total. The summed E-state index contributed by atoms with van der Waals surface area (Å²) in [7, 11) is 0. The number of carbonyl (C=O) groups excluding carboxylic acids is 2. The van der Waals surface area contributed by atoms with Gasteiger partial charge in [0.15, 0.2) is 5.78 Å². The van der Waals surface area contributed by atoms with E-state index in [1.165, 1.54) is 0 Å². The standard InChI is InChI=1S/C14H15ClO2/c15-12-7-4-11(5-8-12)14(17)9-6-10-2-1-3-13(10)16/h4-5,7-8,10H,1-3,6,9H2. The third kappa shape index (κ3) is 3.16. The normalized spacial score (nSPS) is 19.6. The molecule has 90 valence electrons. The Morgan fingerprint density at radius 3 is 2.59 bits per heavy atom. The first-order valence-corrected chi connectivity index (χ1v) is 6.36. The van der Waals surface area contributed by atoms with Gasteiger partial charge in [0.2, 0.25) is 0 Å². The molecular weight excluding hydrogens is 236 g/mol. The Bertz CT molecular complexity index is 422. The molecule has 0 saturated heterocycles. The van der Waals surface area contributed by atoms with Gasteiger partial charge in [-0.1, -0.05) is 11.6 Å². The summed E-state index contributed by atoms with van der Waals surface area (Å²) in [6.45, 7) is 0. The van der Waals surface area contributed by atoms with Crippen LogP contribution < -0.4 is 0 Å². The fourth-order valence-corrected chi connectivity index (χ4v) is 2.40. The maximum atomic E-state index is 11.9. The van der Waals surface area contributed by atoms with Gasteiger partial charge in [0.05, 0.1) is 0 Å². The van der Waals surface area contributed by atoms with Gasteiger partial charge in [0.25, 0.3) is 0 Å². The number of benzene rings is 1. The summed E-state index contributed by atoms with van der Waals surface area (Å²) < 4.78 is 0. The zero-order valence-corrected chi connectivity index (χ0v) is 10.4. The summed E-state index contributed by atoms with van der Waals surface area (Å²) in [6, 6.07) is 6.91. The molecule has 1 aliphatic rings. The van der Waals surface area contributed by atoms with Crippen molar-refractivity contribution in [3.63, 3.8) is 0 Å². The van der Waals surface area contributed by atoms with Crippen LogP contribution in [0.5, 0.6) is 0 Å². The molecule has 0 amide bonds. The molecule has 3 heteroatoms. The van der Waals surface area contributed by atoms with Crippen LogP contribution in [0, 0.1) is 5.92 Å². The van der Waals surface area contributed by atoms with E-state index in [9.17, 15) is 9.59 Å². The molecular formula is C14H15ClO2. The monoisotopic (exact) mass is 250 g/mol. The highest BCUT2D eigenvalue weighted by atomic mass is 35.5. The number of hydrogen-bond donors (Lipinski definition) is 0. The van der Waals surface area contributed by atoms with E-state index >= 15 is 0 Å². The van der Waals surface area contributed by atoms with Crippen molar-refractivity contribution in [2.24, 2.45) is 5.92 Å². The van der Waals surface area contributed by atoms with Crippen molar-refractivity contribution in [2.75, 3.05) is 0 Å². The topological polar surface area (TPSA) is 34.1 Å². The Balaban J connectivity index is 1.89. The first kappa shape index (κ1) is 12.3. The van der Waals surface area contributed by atoms with Crippen LogP contribution in [0.3, 0.4) is 0 Å². The Morgan fingerprint density at radius 1 is 1.29 bits per heavy atom. The zero-order chi connectivity index (χ0) is 12.3. The molecule has 2 rings (SSSR count). The highest BCUT2D eigenvalue weighted by Gasteiger charge is 2.24. The van der Waals surface area contributed by atoms with Crippen LogP contribution in [-0.4, -0.2) is 11.6 Å². The van der Waals surface area contributed by atoms with Gasteiger partial charge in [-0.25, -0.2) is 0 Å². The number of carbonyl (C=O) groups is 2. The van der Waals surface area contributed by atoms with E-state index in [-0.39, 0.29) is 11.7 Å². The smallest absolute Gasteiger partial charge is 0.162 e. The summed E-state index contributed by atoms with van der Waals surface area (Å²) in [5.74, 6) is 0.543. The Labute approximate surface area is 106 Å². The number of halogens is 1. The number of rotatable bonds is 4. The van der Waals surface area contributed by atoms with E-state index in [1.807, 2.05) is 0 Å². The Hall–Kier alpha value is -1.15. The van der Waals surface area contributed by atoms with Gasteiger partial charge < -0.3 is 0 Å². The Morgan fingerprint density at radius 2 is 2.00 bits per heavy atom. The molecule has 0 aliphatic heterocycles. The molecule has 1 saturated carbocycles. The lowest BCUT2D eigenvalue weighted by Crippen LogP contribution is -2.09. The minimum Gasteiger partial charge on any atom is -0.299 e. The van der Waals surface area contributed by atoms with Crippen molar-refractivity contribution < 1.29 is 9.59 Å². The summed E-state index contributed by atoms with van der Waals surface area (Å²) in [5, 5.41) is 0.632. The van der Waals surface area contributed by atoms with Crippen LogP contribution in [0.2, 0.25) is 5.02 Å². The van der Waals surface area contributed by atoms with Gasteiger partial charge in [0.1, 0.15) is 5.78 Å². The van der Waals surface area contributed by atoms with E-state index in [1.54, 1.807) is 24.3 Å². The maximum Gasteiger partial charge on any atom is 0.162 e. The lowest BCUT2D eigenvalue weighted by molar-refractivity contribution is -0.120. The van der Waals surface area contributed by atoms with Crippen LogP contribution in [0.4, 0.5) is 0 Å². The third-order valence-electron chi connectivity index (χ3n) is 3.32. The molecule has 0 radical (unpaired) electrons. The molecule has 1 unspecified atom stereocenters. The van der Waals surface area contributed by atoms with Gasteiger partial charge >= 0.3 is 0 Å². The van der Waals surface area contributed by atoms with Crippen LogP contribution >= 0.6 is 11.6 Å². The number of ketones is 2. The average molecular weight is 251 g/mol. The molecule has 1 fully saturated rings. The van der Waals surface area contributed by atoms with Gasteiger partial charge in [-0.2, -0.15) is 0 Å². The molecule has 1 aromatic carbocycles.